The zero-order valence-electron chi connectivity index (χ0n) is 21.1. The van der Waals surface area contributed by atoms with E-state index >= 15 is 0 Å². The lowest BCUT2D eigenvalue weighted by atomic mass is 9.93. The number of piperidine rings is 1. The number of pyridine rings is 1. The van der Waals surface area contributed by atoms with Gasteiger partial charge in [0.2, 0.25) is 0 Å². The molecule has 1 aliphatic rings. The smallest absolute Gasteiger partial charge is 0.309 e. The number of methoxy groups -OCH3 is 1. The fourth-order valence-electron chi connectivity index (χ4n) is 4.63. The quantitative estimate of drug-likeness (QED) is 0.487. The van der Waals surface area contributed by atoms with Crippen molar-refractivity contribution in [3.8, 4) is 5.75 Å². The molecule has 10 heteroatoms. The molecule has 0 saturated carbocycles. The molecule has 1 aliphatic heterocycles. The summed E-state index contributed by atoms with van der Waals surface area (Å²) < 4.78 is 12.5. The molecule has 3 heterocycles. The van der Waals surface area contributed by atoms with E-state index in [1.54, 1.807) is 7.11 Å². The second-order valence-corrected chi connectivity index (χ2v) is 9.59. The summed E-state index contributed by atoms with van der Waals surface area (Å²) >= 11 is 0. The topological polar surface area (TPSA) is 115 Å². The second kappa shape index (κ2) is 10.2. The molecule has 10 nitrogen and oxygen atoms in total. The van der Waals surface area contributed by atoms with Crippen molar-refractivity contribution >= 4 is 16.9 Å². The Hall–Kier alpha value is -3.27. The lowest BCUT2D eigenvalue weighted by Crippen LogP contribution is -2.43. The maximum Gasteiger partial charge on any atom is 0.309 e. The number of carbonyl (C=O) groups is 1. The SMILES string of the molecule is CCOC(=O)C1CCN(C(c2cc3cc(OC)ccc3[nH]c2=O)c2nnnn2C(C)(C)CC)CC1. The van der Waals surface area contributed by atoms with Crippen molar-refractivity contribution in [1.29, 1.82) is 0 Å². The van der Waals surface area contributed by atoms with E-state index in [0.29, 0.717) is 49.7 Å². The fourth-order valence-corrected chi connectivity index (χ4v) is 4.63. The Morgan fingerprint density at radius 1 is 1.23 bits per heavy atom. The number of benzene rings is 1. The molecule has 35 heavy (non-hydrogen) atoms. The number of nitrogens with one attached hydrogen (secondary N) is 1. The molecule has 1 aromatic carbocycles. The molecule has 1 unspecified atom stereocenters. The summed E-state index contributed by atoms with van der Waals surface area (Å²) in [6, 6.07) is 6.98. The average molecular weight is 483 g/mol. The maximum atomic E-state index is 13.4. The van der Waals surface area contributed by atoms with Crippen molar-refractivity contribution < 1.29 is 14.3 Å². The van der Waals surface area contributed by atoms with Crippen molar-refractivity contribution in [2.24, 2.45) is 5.92 Å². The average Bonchev–Trinajstić information content (AvgIpc) is 3.35. The van der Waals surface area contributed by atoms with Crippen LogP contribution < -0.4 is 10.3 Å². The van der Waals surface area contributed by atoms with Gasteiger partial charge in [-0.1, -0.05) is 6.92 Å². The molecule has 0 bridgehead atoms. The number of aromatic amines is 1. The number of aromatic nitrogens is 5. The summed E-state index contributed by atoms with van der Waals surface area (Å²) in [5.41, 5.74) is 0.757. The summed E-state index contributed by atoms with van der Waals surface area (Å²) in [6.07, 6.45) is 2.11. The van der Waals surface area contributed by atoms with Crippen molar-refractivity contribution in [3.63, 3.8) is 0 Å². The van der Waals surface area contributed by atoms with Crippen LogP contribution in [0.15, 0.2) is 29.1 Å². The molecule has 0 aliphatic carbocycles. The van der Waals surface area contributed by atoms with Crippen LogP contribution in [-0.4, -0.2) is 62.9 Å². The molecule has 1 fully saturated rings. The number of hydrogen-bond donors (Lipinski definition) is 1. The van der Waals surface area contributed by atoms with E-state index in [9.17, 15) is 9.59 Å². The summed E-state index contributed by atoms with van der Waals surface area (Å²) in [5, 5.41) is 13.6. The molecule has 0 radical (unpaired) electrons. The fraction of sp³-hybridized carbons (Fsp3) is 0.560. The molecule has 4 rings (SSSR count). The molecule has 1 saturated heterocycles. The van der Waals surface area contributed by atoms with E-state index in [-0.39, 0.29) is 23.0 Å². The Labute approximate surface area is 204 Å². The summed E-state index contributed by atoms with van der Waals surface area (Å²) in [6.45, 7) is 9.66. The van der Waals surface area contributed by atoms with Crippen molar-refractivity contribution in [1.82, 2.24) is 30.1 Å². The molecule has 1 N–H and O–H groups in total. The highest BCUT2D eigenvalue weighted by atomic mass is 16.5. The Morgan fingerprint density at radius 3 is 2.63 bits per heavy atom. The van der Waals surface area contributed by atoms with Crippen molar-refractivity contribution in [2.45, 2.75) is 58.5 Å². The third-order valence-corrected chi connectivity index (χ3v) is 7.07. The number of esters is 1. The summed E-state index contributed by atoms with van der Waals surface area (Å²) in [7, 11) is 1.62. The number of likely N-dealkylation sites (tertiary alicyclic amines) is 1. The van der Waals surface area contributed by atoms with Gasteiger partial charge >= 0.3 is 5.97 Å². The highest BCUT2D eigenvalue weighted by Crippen LogP contribution is 2.34. The van der Waals surface area contributed by atoms with Gasteiger partial charge in [0.25, 0.3) is 5.56 Å². The standard InChI is InChI=1S/C25H34N6O4/c1-6-25(3,4)31-22(27-28-29-31)21(30-12-10-16(11-13-30)24(33)35-7-2)19-15-17-14-18(34-5)8-9-20(17)26-23(19)32/h8-9,14-16,21H,6-7,10-13H2,1-5H3,(H,26,32). The third-order valence-electron chi connectivity index (χ3n) is 7.07. The molecular formula is C25H34N6O4. The zero-order valence-corrected chi connectivity index (χ0v) is 21.1. The molecule has 188 valence electrons. The Kier molecular flexibility index (Phi) is 7.20. The van der Waals surface area contributed by atoms with Gasteiger partial charge in [0.05, 0.1) is 25.2 Å². The second-order valence-electron chi connectivity index (χ2n) is 9.59. The van der Waals surface area contributed by atoms with E-state index in [1.165, 1.54) is 0 Å². The number of fused-ring (bicyclic) bond motifs is 1. The van der Waals surface area contributed by atoms with E-state index in [2.05, 4.69) is 46.2 Å². The van der Waals surface area contributed by atoms with Crippen LogP contribution in [0.4, 0.5) is 0 Å². The molecular weight excluding hydrogens is 448 g/mol. The maximum absolute atomic E-state index is 13.4. The van der Waals surface area contributed by atoms with Gasteiger partial charge in [0.1, 0.15) is 11.8 Å². The predicted octanol–water partition coefficient (Wildman–Crippen LogP) is 3.03. The largest absolute Gasteiger partial charge is 0.497 e. The number of ether oxygens (including phenoxy) is 2. The first-order valence-corrected chi connectivity index (χ1v) is 12.2. The first-order valence-electron chi connectivity index (χ1n) is 12.2. The minimum atomic E-state index is -0.474. The van der Waals surface area contributed by atoms with Gasteiger partial charge in [-0.3, -0.25) is 14.5 Å². The highest BCUT2D eigenvalue weighted by molar-refractivity contribution is 5.80. The summed E-state index contributed by atoms with van der Waals surface area (Å²) in [5.74, 6) is 1.02. The number of carbonyl (C=O) groups excluding carboxylic acids is 1. The van der Waals surface area contributed by atoms with Gasteiger partial charge in [0.15, 0.2) is 5.82 Å². The monoisotopic (exact) mass is 482 g/mol. The summed E-state index contributed by atoms with van der Waals surface area (Å²) in [4.78, 5) is 30.9. The number of tetrazole rings is 1. The van der Waals surface area contributed by atoms with E-state index in [1.807, 2.05) is 35.9 Å². The van der Waals surface area contributed by atoms with Crippen LogP contribution in [0, 0.1) is 5.92 Å². The number of hydrogen-bond acceptors (Lipinski definition) is 8. The Balaban J connectivity index is 1.80. The van der Waals surface area contributed by atoms with E-state index < -0.39 is 6.04 Å². The number of H-pyrrole nitrogens is 1. The van der Waals surface area contributed by atoms with Crippen LogP contribution in [0.5, 0.6) is 5.75 Å². The van der Waals surface area contributed by atoms with Crippen LogP contribution in [0.25, 0.3) is 10.9 Å². The number of rotatable bonds is 8. The van der Waals surface area contributed by atoms with E-state index in [4.69, 9.17) is 9.47 Å². The normalized spacial score (nSPS) is 16.4. The van der Waals surface area contributed by atoms with Crippen LogP contribution in [-0.2, 0) is 15.1 Å². The first kappa shape index (κ1) is 24.8. The van der Waals surface area contributed by atoms with Gasteiger partial charge in [-0.2, -0.15) is 0 Å². The molecule has 1 atom stereocenters. The molecule has 3 aromatic rings. The van der Waals surface area contributed by atoms with Gasteiger partial charge in [-0.15, -0.1) is 5.10 Å². The number of nitrogens with zero attached hydrogens (tertiary/aromatic N) is 5. The van der Waals surface area contributed by atoms with Crippen LogP contribution in [0.1, 0.15) is 64.4 Å². The van der Waals surface area contributed by atoms with Gasteiger partial charge in [-0.05, 0) is 74.7 Å². The minimum absolute atomic E-state index is 0.144. The van der Waals surface area contributed by atoms with Crippen LogP contribution >= 0.6 is 0 Å². The van der Waals surface area contributed by atoms with Crippen LogP contribution in [0.3, 0.4) is 0 Å². The highest BCUT2D eigenvalue weighted by Gasteiger charge is 2.37. The van der Waals surface area contributed by atoms with Crippen molar-refractivity contribution in [3.05, 3.63) is 46.0 Å². The van der Waals surface area contributed by atoms with Gasteiger partial charge in [0, 0.05) is 29.6 Å². The Morgan fingerprint density at radius 2 is 1.97 bits per heavy atom. The minimum Gasteiger partial charge on any atom is -0.497 e. The van der Waals surface area contributed by atoms with Gasteiger partial charge in [-0.25, -0.2) is 4.68 Å². The lowest BCUT2D eigenvalue weighted by molar-refractivity contribution is -0.149. The van der Waals surface area contributed by atoms with Crippen molar-refractivity contribution in [2.75, 3.05) is 26.8 Å². The van der Waals surface area contributed by atoms with E-state index in [0.717, 1.165) is 17.3 Å². The first-order chi connectivity index (χ1) is 16.8. The van der Waals surface area contributed by atoms with Crippen LogP contribution in [0.2, 0.25) is 0 Å². The third kappa shape index (κ3) is 4.93. The lowest BCUT2D eigenvalue weighted by Gasteiger charge is -2.37. The molecule has 2 aromatic heterocycles. The molecule has 0 amide bonds. The predicted molar refractivity (Wildman–Crippen MR) is 131 cm³/mol. The Bertz CT molecular complexity index is 1240. The molecule has 0 spiro atoms. The zero-order chi connectivity index (χ0) is 25.2. The van der Waals surface area contributed by atoms with Gasteiger partial charge < -0.3 is 14.5 Å².